The SMILES string of the molecule is [CH2-]N1CC(=O)CS1(=O)=O. The van der Waals surface area contributed by atoms with E-state index in [1.807, 2.05) is 0 Å². The number of carbonyl (C=O) groups excluding carboxylic acids is 1. The van der Waals surface area contributed by atoms with Crippen LogP contribution in [-0.2, 0) is 14.8 Å². The van der Waals surface area contributed by atoms with Crippen LogP contribution in [0.15, 0.2) is 0 Å². The largest absolute Gasteiger partial charge is 0.348 e. The molecule has 0 aromatic rings. The molecule has 5 heteroatoms. The van der Waals surface area contributed by atoms with Crippen LogP contribution >= 0.6 is 0 Å². The number of carbonyl (C=O) groups is 1. The van der Waals surface area contributed by atoms with E-state index in [-0.39, 0.29) is 18.1 Å². The zero-order valence-electron chi connectivity index (χ0n) is 4.70. The molecular formula is C4H6NO3S-. The van der Waals surface area contributed by atoms with Crippen LogP contribution in [0.1, 0.15) is 0 Å². The Hall–Kier alpha value is -0.420. The number of nitrogens with zero attached hydrogens (tertiary/aromatic N) is 1. The molecule has 0 bridgehead atoms. The summed E-state index contributed by atoms with van der Waals surface area (Å²) in [5.41, 5.74) is 0. The molecule has 0 unspecified atom stereocenters. The number of hydrogen-bond acceptors (Lipinski definition) is 3. The molecule has 1 heterocycles. The van der Waals surface area contributed by atoms with Crippen LogP contribution in [0.3, 0.4) is 0 Å². The molecule has 1 aliphatic rings. The van der Waals surface area contributed by atoms with Gasteiger partial charge in [-0.2, -0.15) is 0 Å². The summed E-state index contributed by atoms with van der Waals surface area (Å²) in [6.45, 7) is -0.0671. The van der Waals surface area contributed by atoms with Crippen LogP contribution in [0, 0.1) is 7.05 Å². The molecule has 0 amide bonds. The van der Waals surface area contributed by atoms with Gasteiger partial charge in [0.05, 0.1) is 0 Å². The van der Waals surface area contributed by atoms with E-state index in [4.69, 9.17) is 0 Å². The highest BCUT2D eigenvalue weighted by Gasteiger charge is 2.26. The van der Waals surface area contributed by atoms with Crippen LogP contribution in [0.25, 0.3) is 0 Å². The fraction of sp³-hybridized carbons (Fsp3) is 0.500. The van der Waals surface area contributed by atoms with E-state index >= 15 is 0 Å². The van der Waals surface area contributed by atoms with Crippen LogP contribution in [0.5, 0.6) is 0 Å². The van der Waals surface area contributed by atoms with E-state index in [2.05, 4.69) is 7.05 Å². The maximum absolute atomic E-state index is 10.6. The van der Waals surface area contributed by atoms with Gasteiger partial charge < -0.3 is 4.31 Å². The molecule has 1 rings (SSSR count). The Bertz CT molecular complexity index is 230. The third-order valence-corrected chi connectivity index (χ3v) is 2.69. The maximum Gasteiger partial charge on any atom is 0.194 e. The lowest BCUT2D eigenvalue weighted by molar-refractivity contribution is -0.115. The highest BCUT2D eigenvalue weighted by atomic mass is 32.2. The van der Waals surface area contributed by atoms with Crippen molar-refractivity contribution in [3.63, 3.8) is 0 Å². The number of sulfonamides is 1. The second-order valence-corrected chi connectivity index (χ2v) is 3.87. The molecule has 52 valence electrons. The van der Waals surface area contributed by atoms with E-state index in [1.165, 1.54) is 0 Å². The van der Waals surface area contributed by atoms with E-state index < -0.39 is 10.0 Å². The first kappa shape index (κ1) is 6.70. The second-order valence-electron chi connectivity index (χ2n) is 1.90. The molecule has 1 aliphatic heterocycles. The van der Waals surface area contributed by atoms with Gasteiger partial charge in [0.2, 0.25) is 0 Å². The molecule has 1 fully saturated rings. The van der Waals surface area contributed by atoms with Gasteiger partial charge in [-0.05, 0) is 0 Å². The summed E-state index contributed by atoms with van der Waals surface area (Å²) in [5, 5.41) is 0. The molecule has 0 spiro atoms. The van der Waals surface area contributed by atoms with Gasteiger partial charge in [-0.15, -0.1) is 0 Å². The monoisotopic (exact) mass is 148 g/mol. The first-order valence-corrected chi connectivity index (χ1v) is 3.96. The molecule has 1 saturated heterocycles. The third-order valence-electron chi connectivity index (χ3n) is 1.09. The Kier molecular flexibility index (Phi) is 1.32. The fourth-order valence-electron chi connectivity index (χ4n) is 0.635. The van der Waals surface area contributed by atoms with Gasteiger partial charge >= 0.3 is 0 Å². The zero-order valence-corrected chi connectivity index (χ0v) is 5.52. The van der Waals surface area contributed by atoms with Crippen molar-refractivity contribution in [2.45, 2.75) is 0 Å². The summed E-state index contributed by atoms with van der Waals surface area (Å²) in [5.74, 6) is -0.666. The van der Waals surface area contributed by atoms with Crippen molar-refractivity contribution >= 4 is 15.8 Å². The molecular weight excluding hydrogens is 142 g/mol. The first-order chi connectivity index (χ1) is 4.02. The van der Waals surface area contributed by atoms with Crippen molar-refractivity contribution in [1.82, 2.24) is 4.31 Å². The minimum absolute atomic E-state index is 0.0671. The van der Waals surface area contributed by atoms with Crippen LogP contribution in [0.4, 0.5) is 0 Å². The van der Waals surface area contributed by atoms with Crippen molar-refractivity contribution in [1.29, 1.82) is 0 Å². The Morgan fingerprint density at radius 2 is 2.11 bits per heavy atom. The van der Waals surface area contributed by atoms with Gasteiger partial charge in [0, 0.05) is 6.54 Å². The summed E-state index contributed by atoms with van der Waals surface area (Å²) in [7, 11) is -0.136. The summed E-state index contributed by atoms with van der Waals surface area (Å²) in [6.07, 6.45) is 0. The van der Waals surface area contributed by atoms with Gasteiger partial charge in [-0.3, -0.25) is 11.8 Å². The van der Waals surface area contributed by atoms with Gasteiger partial charge in [-0.1, -0.05) is 0 Å². The second kappa shape index (κ2) is 1.78. The number of Topliss-reactive ketones (excluding diaryl/α,β-unsaturated/α-hetero) is 1. The molecule has 0 aromatic heterocycles. The van der Waals surface area contributed by atoms with E-state index in [0.29, 0.717) is 0 Å². The van der Waals surface area contributed by atoms with Crippen molar-refractivity contribution in [2.24, 2.45) is 0 Å². The molecule has 4 nitrogen and oxygen atoms in total. The molecule has 0 saturated carbocycles. The van der Waals surface area contributed by atoms with Crippen LogP contribution in [-0.4, -0.2) is 30.8 Å². The highest BCUT2D eigenvalue weighted by Crippen LogP contribution is 2.07. The quantitative estimate of drug-likeness (QED) is 0.414. The Morgan fingerprint density at radius 1 is 1.56 bits per heavy atom. The van der Waals surface area contributed by atoms with Crippen molar-refractivity contribution < 1.29 is 13.2 Å². The van der Waals surface area contributed by atoms with Gasteiger partial charge in [-0.25, -0.2) is 8.42 Å². The predicted octanol–water partition coefficient (Wildman–Crippen LogP) is -1.01. The van der Waals surface area contributed by atoms with Crippen molar-refractivity contribution in [3.8, 4) is 0 Å². The van der Waals surface area contributed by atoms with E-state index in [9.17, 15) is 13.2 Å². The lowest BCUT2D eigenvalue weighted by atomic mass is 10.5. The lowest BCUT2D eigenvalue weighted by Gasteiger charge is -2.12. The molecule has 0 N–H and O–H groups in total. The van der Waals surface area contributed by atoms with Gasteiger partial charge in [0.1, 0.15) is 5.75 Å². The predicted molar refractivity (Wildman–Crippen MR) is 30.9 cm³/mol. The molecule has 0 radical (unpaired) electrons. The number of ketones is 1. The average molecular weight is 148 g/mol. The van der Waals surface area contributed by atoms with Crippen LogP contribution < -0.4 is 0 Å². The first-order valence-electron chi connectivity index (χ1n) is 2.35. The van der Waals surface area contributed by atoms with Gasteiger partial charge in [0.25, 0.3) is 0 Å². The smallest absolute Gasteiger partial charge is 0.194 e. The van der Waals surface area contributed by atoms with Crippen molar-refractivity contribution in [2.75, 3.05) is 12.3 Å². The van der Waals surface area contributed by atoms with Gasteiger partial charge in [0.15, 0.2) is 15.8 Å². The number of hydrogen-bond donors (Lipinski definition) is 0. The van der Waals surface area contributed by atoms with E-state index in [0.717, 1.165) is 4.31 Å². The summed E-state index contributed by atoms with van der Waals surface area (Å²) in [6, 6.07) is 0. The summed E-state index contributed by atoms with van der Waals surface area (Å²) >= 11 is 0. The minimum Gasteiger partial charge on any atom is -0.348 e. The molecule has 0 aliphatic carbocycles. The highest BCUT2D eigenvalue weighted by molar-refractivity contribution is 7.90. The number of rotatable bonds is 0. The Labute approximate surface area is 53.5 Å². The standard InChI is InChI=1S/C4H6NO3S/c1-5-2-4(6)3-9(5,7)8/h1-3H2/q-1. The topological polar surface area (TPSA) is 54.5 Å². The fourth-order valence-corrected chi connectivity index (χ4v) is 1.66. The van der Waals surface area contributed by atoms with E-state index in [1.54, 1.807) is 0 Å². The Morgan fingerprint density at radius 3 is 2.22 bits per heavy atom. The maximum atomic E-state index is 10.6. The molecule has 0 aromatic carbocycles. The molecule has 9 heavy (non-hydrogen) atoms. The van der Waals surface area contributed by atoms with Crippen LogP contribution in [0.2, 0.25) is 0 Å². The normalized spacial score (nSPS) is 27.0. The minimum atomic E-state index is -3.30. The summed E-state index contributed by atoms with van der Waals surface area (Å²) in [4.78, 5) is 10.4. The average Bonchev–Trinajstić information content (AvgIpc) is 1.79. The van der Waals surface area contributed by atoms with Crippen molar-refractivity contribution in [3.05, 3.63) is 7.05 Å². The Balaban J connectivity index is 2.95. The third kappa shape index (κ3) is 1.11. The zero-order chi connectivity index (χ0) is 7.07. The summed E-state index contributed by atoms with van der Waals surface area (Å²) < 4.78 is 22.0. The molecule has 0 atom stereocenters. The lowest BCUT2D eigenvalue weighted by Crippen LogP contribution is -2.17.